The maximum absolute atomic E-state index is 12.6. The molecule has 1 aromatic heterocycles. The highest BCUT2D eigenvalue weighted by Gasteiger charge is 2.37. The first kappa shape index (κ1) is 15.4. The van der Waals surface area contributed by atoms with Gasteiger partial charge in [-0.05, 0) is 52.5 Å². The van der Waals surface area contributed by atoms with Gasteiger partial charge in [0.15, 0.2) is 0 Å². The smallest absolute Gasteiger partial charge is 0.318 e. The van der Waals surface area contributed by atoms with Crippen LogP contribution in [0.3, 0.4) is 0 Å². The number of hydrogen-bond donors (Lipinski definition) is 1. The lowest BCUT2D eigenvalue weighted by Crippen LogP contribution is -2.47. The molecule has 2 amide bonds. The zero-order chi connectivity index (χ0) is 15.7. The number of furan rings is 1. The van der Waals surface area contributed by atoms with Crippen molar-refractivity contribution in [1.29, 1.82) is 0 Å². The van der Waals surface area contributed by atoms with Crippen LogP contribution in [0.15, 0.2) is 10.5 Å². The summed E-state index contributed by atoms with van der Waals surface area (Å²) in [6.07, 6.45) is 4.53. The van der Waals surface area contributed by atoms with Crippen molar-refractivity contribution >= 4 is 6.03 Å². The van der Waals surface area contributed by atoms with Crippen molar-refractivity contribution in [2.24, 2.45) is 0 Å². The van der Waals surface area contributed by atoms with Gasteiger partial charge in [-0.15, -0.1) is 0 Å². The topological polar surface area (TPSA) is 54.7 Å². The zero-order valence-electron chi connectivity index (χ0n) is 13.7. The molecule has 3 heterocycles. The highest BCUT2D eigenvalue weighted by Crippen LogP contribution is 2.28. The molecule has 2 aliphatic rings. The molecule has 2 saturated heterocycles. The van der Waals surface area contributed by atoms with Crippen molar-refractivity contribution in [2.75, 3.05) is 13.2 Å². The SMILES string of the molecule is Cc1cc([C@H](C)NC(=O)N2CCC[C@@H]2[C@@H]2CCCO2)c(C)o1. The fourth-order valence-electron chi connectivity index (χ4n) is 3.76. The standard InChI is InChI=1S/C17H26N2O3/c1-11-10-14(13(3)22-11)12(2)18-17(20)19-8-4-6-15(19)16-7-5-9-21-16/h10,12,15-16H,4-9H2,1-3H3,(H,18,20)/t12-,15+,16-/m0/s1. The summed E-state index contributed by atoms with van der Waals surface area (Å²) in [6.45, 7) is 7.54. The van der Waals surface area contributed by atoms with Crippen molar-refractivity contribution in [1.82, 2.24) is 10.2 Å². The molecule has 0 bridgehead atoms. The van der Waals surface area contributed by atoms with Gasteiger partial charge in [-0.1, -0.05) is 0 Å². The van der Waals surface area contributed by atoms with E-state index in [0.717, 1.165) is 55.9 Å². The van der Waals surface area contributed by atoms with E-state index in [0.29, 0.717) is 0 Å². The second-order valence-electron chi connectivity index (χ2n) is 6.49. The average Bonchev–Trinajstić information content (AvgIpc) is 3.17. The van der Waals surface area contributed by atoms with Crippen molar-refractivity contribution in [3.8, 4) is 0 Å². The number of aryl methyl sites for hydroxylation is 2. The summed E-state index contributed by atoms with van der Waals surface area (Å²) in [7, 11) is 0. The van der Waals surface area contributed by atoms with Gasteiger partial charge in [0.05, 0.1) is 18.2 Å². The Hall–Kier alpha value is -1.49. The zero-order valence-corrected chi connectivity index (χ0v) is 13.7. The third-order valence-corrected chi connectivity index (χ3v) is 4.84. The molecule has 0 radical (unpaired) electrons. The molecule has 5 heteroatoms. The molecule has 5 nitrogen and oxygen atoms in total. The molecule has 3 atom stereocenters. The Kier molecular flexibility index (Phi) is 4.43. The maximum Gasteiger partial charge on any atom is 0.318 e. The summed E-state index contributed by atoms with van der Waals surface area (Å²) in [4.78, 5) is 14.6. The van der Waals surface area contributed by atoms with Gasteiger partial charge in [0.2, 0.25) is 0 Å². The monoisotopic (exact) mass is 306 g/mol. The number of nitrogens with one attached hydrogen (secondary N) is 1. The van der Waals surface area contributed by atoms with Crippen LogP contribution in [0.25, 0.3) is 0 Å². The van der Waals surface area contributed by atoms with E-state index in [4.69, 9.17) is 9.15 Å². The fraction of sp³-hybridized carbons (Fsp3) is 0.706. The molecule has 0 aromatic carbocycles. The lowest BCUT2D eigenvalue weighted by Gasteiger charge is -2.30. The molecule has 22 heavy (non-hydrogen) atoms. The molecule has 2 aliphatic heterocycles. The normalized spacial score (nSPS) is 26.4. The third-order valence-electron chi connectivity index (χ3n) is 4.84. The summed E-state index contributed by atoms with van der Waals surface area (Å²) in [5, 5.41) is 3.12. The molecule has 0 unspecified atom stereocenters. The number of nitrogens with zero attached hydrogens (tertiary/aromatic N) is 1. The maximum atomic E-state index is 12.6. The van der Waals surface area contributed by atoms with E-state index in [1.165, 1.54) is 0 Å². The molecular weight excluding hydrogens is 280 g/mol. The van der Waals surface area contributed by atoms with Crippen LogP contribution in [-0.4, -0.2) is 36.2 Å². The van der Waals surface area contributed by atoms with E-state index in [2.05, 4.69) is 5.32 Å². The second-order valence-corrected chi connectivity index (χ2v) is 6.49. The van der Waals surface area contributed by atoms with E-state index in [9.17, 15) is 4.79 Å². The Balaban J connectivity index is 1.64. The largest absolute Gasteiger partial charge is 0.466 e. The average molecular weight is 306 g/mol. The summed E-state index contributed by atoms with van der Waals surface area (Å²) < 4.78 is 11.4. The van der Waals surface area contributed by atoms with Crippen LogP contribution < -0.4 is 5.32 Å². The Morgan fingerprint density at radius 1 is 1.36 bits per heavy atom. The molecule has 2 fully saturated rings. The Morgan fingerprint density at radius 2 is 2.18 bits per heavy atom. The van der Waals surface area contributed by atoms with E-state index < -0.39 is 0 Å². The Labute approximate surface area is 132 Å². The predicted molar refractivity (Wildman–Crippen MR) is 83.8 cm³/mol. The number of ether oxygens (including phenoxy) is 1. The van der Waals surface area contributed by atoms with Gasteiger partial charge in [0.1, 0.15) is 11.5 Å². The predicted octanol–water partition coefficient (Wildman–Crippen LogP) is 3.31. The molecule has 0 aliphatic carbocycles. The highest BCUT2D eigenvalue weighted by molar-refractivity contribution is 5.75. The molecule has 3 rings (SSSR count). The number of amides is 2. The minimum atomic E-state index is -0.0457. The van der Waals surface area contributed by atoms with Crippen LogP contribution in [-0.2, 0) is 4.74 Å². The van der Waals surface area contributed by atoms with Crippen LogP contribution in [0.1, 0.15) is 55.7 Å². The van der Waals surface area contributed by atoms with Gasteiger partial charge in [-0.3, -0.25) is 0 Å². The number of likely N-dealkylation sites (tertiary alicyclic amines) is 1. The number of rotatable bonds is 3. The number of carbonyl (C=O) groups is 1. The first-order valence-electron chi connectivity index (χ1n) is 8.32. The molecule has 0 spiro atoms. The van der Waals surface area contributed by atoms with E-state index in [1.807, 2.05) is 31.7 Å². The van der Waals surface area contributed by atoms with Crippen LogP contribution in [0.5, 0.6) is 0 Å². The van der Waals surface area contributed by atoms with Crippen molar-refractivity contribution in [3.63, 3.8) is 0 Å². The summed E-state index contributed by atoms with van der Waals surface area (Å²) in [5.74, 6) is 1.76. The fourth-order valence-corrected chi connectivity index (χ4v) is 3.76. The minimum Gasteiger partial charge on any atom is -0.466 e. The van der Waals surface area contributed by atoms with Gasteiger partial charge >= 0.3 is 6.03 Å². The summed E-state index contributed by atoms with van der Waals surface area (Å²) in [5.41, 5.74) is 1.05. The number of hydrogen-bond acceptors (Lipinski definition) is 3. The van der Waals surface area contributed by atoms with Crippen LogP contribution in [0.2, 0.25) is 0 Å². The van der Waals surface area contributed by atoms with Gasteiger partial charge in [0, 0.05) is 18.7 Å². The molecule has 1 aromatic rings. The van der Waals surface area contributed by atoms with Gasteiger partial charge in [-0.2, -0.15) is 0 Å². The van der Waals surface area contributed by atoms with Crippen LogP contribution >= 0.6 is 0 Å². The van der Waals surface area contributed by atoms with Crippen molar-refractivity contribution < 1.29 is 13.9 Å². The van der Waals surface area contributed by atoms with Gasteiger partial charge in [0.25, 0.3) is 0 Å². The minimum absolute atomic E-state index is 0.0174. The quantitative estimate of drug-likeness (QED) is 0.932. The summed E-state index contributed by atoms with van der Waals surface area (Å²) in [6, 6.07) is 2.21. The summed E-state index contributed by atoms with van der Waals surface area (Å²) >= 11 is 0. The number of carbonyl (C=O) groups excluding carboxylic acids is 1. The lowest BCUT2D eigenvalue weighted by atomic mass is 10.1. The van der Waals surface area contributed by atoms with Crippen molar-refractivity contribution in [2.45, 2.75) is 64.6 Å². The first-order valence-corrected chi connectivity index (χ1v) is 8.32. The lowest BCUT2D eigenvalue weighted by molar-refractivity contribution is 0.0517. The van der Waals surface area contributed by atoms with Crippen LogP contribution in [0.4, 0.5) is 4.79 Å². The molecule has 122 valence electrons. The van der Waals surface area contributed by atoms with E-state index >= 15 is 0 Å². The number of urea groups is 1. The first-order chi connectivity index (χ1) is 10.6. The van der Waals surface area contributed by atoms with Gasteiger partial charge < -0.3 is 19.4 Å². The van der Waals surface area contributed by atoms with Gasteiger partial charge in [-0.25, -0.2) is 4.79 Å². The molecular formula is C17H26N2O3. The highest BCUT2D eigenvalue weighted by atomic mass is 16.5. The Bertz CT molecular complexity index is 534. The van der Waals surface area contributed by atoms with Crippen LogP contribution in [0, 0.1) is 13.8 Å². The molecule has 0 saturated carbocycles. The third kappa shape index (κ3) is 3.00. The second kappa shape index (κ2) is 6.32. The van der Waals surface area contributed by atoms with Crippen molar-refractivity contribution in [3.05, 3.63) is 23.2 Å². The Morgan fingerprint density at radius 3 is 2.82 bits per heavy atom. The van der Waals surface area contributed by atoms with E-state index in [1.54, 1.807) is 0 Å². The molecule has 1 N–H and O–H groups in total. The van der Waals surface area contributed by atoms with E-state index in [-0.39, 0.29) is 24.2 Å².